The summed E-state index contributed by atoms with van der Waals surface area (Å²) in [6.07, 6.45) is 3.21. The Bertz CT molecular complexity index is 2490. The summed E-state index contributed by atoms with van der Waals surface area (Å²) in [6, 6.07) is 48.0. The van der Waals surface area contributed by atoms with Crippen molar-refractivity contribution in [1.29, 1.82) is 0 Å². The number of carbonyl (C=O) groups excluding carboxylic acids is 2. The van der Waals surface area contributed by atoms with Gasteiger partial charge in [-0.1, -0.05) is 105 Å². The van der Waals surface area contributed by atoms with Crippen LogP contribution in [0.15, 0.2) is 146 Å². The average molecular weight is 959 g/mol. The van der Waals surface area contributed by atoms with Crippen molar-refractivity contribution in [3.63, 3.8) is 0 Å². The van der Waals surface area contributed by atoms with E-state index >= 15 is 0 Å². The highest BCUT2D eigenvalue weighted by atomic mass is 79.9. The molecule has 4 aromatic carbocycles. The third-order valence-electron chi connectivity index (χ3n) is 9.99. The third-order valence-corrected chi connectivity index (χ3v) is 11.1. The van der Waals surface area contributed by atoms with E-state index in [2.05, 4.69) is 68.3 Å². The van der Waals surface area contributed by atoms with Crippen LogP contribution in [0.1, 0.15) is 45.6 Å². The van der Waals surface area contributed by atoms with Gasteiger partial charge < -0.3 is 9.47 Å². The van der Waals surface area contributed by atoms with Gasteiger partial charge >= 0.3 is 11.9 Å². The Hall–Kier alpha value is -6.38. The summed E-state index contributed by atoms with van der Waals surface area (Å²) in [7, 11) is 2.75. The second-order valence-corrected chi connectivity index (χ2v) is 15.4. The SMILES string of the molecule is BrCc1cc(CCc2cc(CBr)n(-c3ccccc3)n2)nn1-c1ccccc1.COC(=O)Cc1cc(CCc2cc(CC(=O)OC)n(-c3ccccc3)n2)nn1-c1ccccc1. The Morgan fingerprint density at radius 1 is 0.419 bits per heavy atom. The highest BCUT2D eigenvalue weighted by molar-refractivity contribution is 9.08. The van der Waals surface area contributed by atoms with Crippen LogP contribution >= 0.6 is 31.9 Å². The first-order valence-corrected chi connectivity index (χ1v) is 22.4. The number of methoxy groups -OCH3 is 2. The monoisotopic (exact) mass is 956 g/mol. The van der Waals surface area contributed by atoms with Crippen molar-refractivity contribution in [2.24, 2.45) is 0 Å². The first-order chi connectivity index (χ1) is 30.3. The largest absolute Gasteiger partial charge is 0.469 e. The number of benzene rings is 4. The van der Waals surface area contributed by atoms with Crippen LogP contribution in [-0.4, -0.2) is 65.3 Å². The van der Waals surface area contributed by atoms with Crippen molar-refractivity contribution in [1.82, 2.24) is 39.1 Å². The fourth-order valence-electron chi connectivity index (χ4n) is 6.95. The van der Waals surface area contributed by atoms with E-state index in [-0.39, 0.29) is 24.8 Å². The van der Waals surface area contributed by atoms with Gasteiger partial charge in [-0.05, 0) is 98.5 Å². The lowest BCUT2D eigenvalue weighted by atomic mass is 10.1. The quantitative estimate of drug-likeness (QED) is 0.0696. The maximum Gasteiger partial charge on any atom is 0.311 e. The Kier molecular flexibility index (Phi) is 15.1. The molecule has 62 heavy (non-hydrogen) atoms. The molecule has 0 amide bonds. The lowest BCUT2D eigenvalue weighted by Gasteiger charge is -2.06. The van der Waals surface area contributed by atoms with Crippen molar-refractivity contribution in [3.05, 3.63) is 191 Å². The summed E-state index contributed by atoms with van der Waals surface area (Å²) in [5.74, 6) is -0.643. The predicted molar refractivity (Wildman–Crippen MR) is 246 cm³/mol. The van der Waals surface area contributed by atoms with Crippen molar-refractivity contribution in [2.75, 3.05) is 14.2 Å². The molecule has 4 heterocycles. The standard InChI is InChI=1S/C26H26N4O4.C22H20Br2N4/c1-33-25(31)17-23-15-19(27-29(23)21-9-5-3-6-10-21)13-14-20-16-24(18-26(32)34-2)30(28-20)22-11-7-4-8-12-22;23-15-21-13-17(25-27(21)19-7-3-1-4-8-19)11-12-18-14-22(16-24)28(26-18)20-9-5-2-6-10-20/h3-12,15-16H,13-14,17-18H2,1-2H3;1-10,13-14H,11-12,15-16H2. The predicted octanol–water partition coefficient (Wildman–Crippen LogP) is 8.91. The second-order valence-electron chi connectivity index (χ2n) is 14.3. The van der Waals surface area contributed by atoms with Gasteiger partial charge in [0.2, 0.25) is 0 Å². The number of para-hydroxylation sites is 4. The minimum absolute atomic E-state index is 0.129. The molecule has 0 atom stereocenters. The van der Waals surface area contributed by atoms with Crippen LogP contribution in [0.3, 0.4) is 0 Å². The van der Waals surface area contributed by atoms with E-state index in [1.54, 1.807) is 9.36 Å². The van der Waals surface area contributed by atoms with Crippen LogP contribution in [0.4, 0.5) is 0 Å². The van der Waals surface area contributed by atoms with Crippen LogP contribution < -0.4 is 0 Å². The molecule has 0 spiro atoms. The van der Waals surface area contributed by atoms with E-state index in [4.69, 9.17) is 29.9 Å². The first kappa shape index (κ1) is 43.7. The summed E-state index contributed by atoms with van der Waals surface area (Å²) in [6.45, 7) is 0. The highest BCUT2D eigenvalue weighted by Crippen LogP contribution is 2.21. The number of aryl methyl sites for hydroxylation is 4. The third kappa shape index (κ3) is 11.1. The maximum atomic E-state index is 11.9. The van der Waals surface area contributed by atoms with E-state index in [1.165, 1.54) is 14.2 Å². The van der Waals surface area contributed by atoms with Crippen molar-refractivity contribution in [2.45, 2.75) is 49.2 Å². The maximum absolute atomic E-state index is 11.9. The van der Waals surface area contributed by atoms with E-state index in [9.17, 15) is 9.59 Å². The summed E-state index contributed by atoms with van der Waals surface area (Å²) in [4.78, 5) is 23.9. The zero-order valence-electron chi connectivity index (χ0n) is 34.5. The molecule has 8 aromatic rings. The van der Waals surface area contributed by atoms with Crippen LogP contribution in [0.25, 0.3) is 22.7 Å². The number of alkyl halides is 2. The zero-order chi connectivity index (χ0) is 43.3. The number of esters is 2. The molecule has 0 aliphatic heterocycles. The summed E-state index contributed by atoms with van der Waals surface area (Å²) >= 11 is 7.16. The molecule has 0 radical (unpaired) electrons. The molecule has 0 aliphatic carbocycles. The fourth-order valence-corrected chi connectivity index (χ4v) is 7.75. The van der Waals surface area contributed by atoms with Gasteiger partial charge in [-0.2, -0.15) is 20.4 Å². The number of aromatic nitrogens is 8. The van der Waals surface area contributed by atoms with Crippen molar-refractivity contribution >= 4 is 43.8 Å². The molecule has 8 rings (SSSR count). The van der Waals surface area contributed by atoms with Gasteiger partial charge in [-0.3, -0.25) is 9.59 Å². The number of hydrogen-bond acceptors (Lipinski definition) is 8. The Labute approximate surface area is 377 Å². The molecule has 316 valence electrons. The van der Waals surface area contributed by atoms with E-state index in [0.29, 0.717) is 12.8 Å². The Balaban J connectivity index is 0.000000190. The number of halogens is 2. The van der Waals surface area contributed by atoms with E-state index in [1.807, 2.05) is 119 Å². The number of rotatable bonds is 16. The topological polar surface area (TPSA) is 124 Å². The molecular formula is C48H46Br2N8O4. The van der Waals surface area contributed by atoms with Crippen molar-refractivity contribution in [3.8, 4) is 22.7 Å². The van der Waals surface area contributed by atoms with Crippen LogP contribution in [-0.2, 0) is 68.2 Å². The first-order valence-electron chi connectivity index (χ1n) is 20.1. The zero-order valence-corrected chi connectivity index (χ0v) is 37.7. The van der Waals surface area contributed by atoms with Gasteiger partial charge in [0.05, 0.1) is 95.4 Å². The molecule has 0 fully saturated rings. The van der Waals surface area contributed by atoms with Crippen LogP contribution in [0.2, 0.25) is 0 Å². The van der Waals surface area contributed by atoms with Gasteiger partial charge in [0, 0.05) is 10.7 Å². The summed E-state index contributed by atoms with van der Waals surface area (Å²) < 4.78 is 17.3. The Morgan fingerprint density at radius 3 is 0.903 bits per heavy atom. The lowest BCUT2D eigenvalue weighted by molar-refractivity contribution is -0.140. The molecule has 0 aliphatic rings. The minimum atomic E-state index is -0.322. The summed E-state index contributed by atoms with van der Waals surface area (Å²) in [5, 5.41) is 20.6. The van der Waals surface area contributed by atoms with Crippen LogP contribution in [0, 0.1) is 0 Å². The molecule has 0 bridgehead atoms. The average Bonchev–Trinajstić information content (AvgIpc) is 4.14. The highest BCUT2D eigenvalue weighted by Gasteiger charge is 2.17. The minimum Gasteiger partial charge on any atom is -0.469 e. The summed E-state index contributed by atoms with van der Waals surface area (Å²) in [5.41, 5.74) is 11.6. The molecular weight excluding hydrogens is 912 g/mol. The molecule has 14 heteroatoms. The fraction of sp³-hybridized carbons (Fsp3) is 0.208. The van der Waals surface area contributed by atoms with Gasteiger partial charge in [-0.25, -0.2) is 18.7 Å². The molecule has 0 saturated carbocycles. The number of nitrogens with zero attached hydrogens (tertiary/aromatic N) is 8. The Morgan fingerprint density at radius 2 is 0.661 bits per heavy atom. The van der Waals surface area contributed by atoms with E-state index in [0.717, 1.165) is 91.8 Å². The normalized spacial score (nSPS) is 10.9. The van der Waals surface area contributed by atoms with Gasteiger partial charge in [0.25, 0.3) is 0 Å². The van der Waals surface area contributed by atoms with Gasteiger partial charge in [0.15, 0.2) is 0 Å². The van der Waals surface area contributed by atoms with Crippen LogP contribution in [0.5, 0.6) is 0 Å². The number of carbonyl (C=O) groups is 2. The van der Waals surface area contributed by atoms with Gasteiger partial charge in [-0.15, -0.1) is 0 Å². The molecule has 0 unspecified atom stereocenters. The molecule has 12 nitrogen and oxygen atoms in total. The number of hydrogen-bond donors (Lipinski definition) is 0. The second kappa shape index (κ2) is 21.4. The smallest absolute Gasteiger partial charge is 0.311 e. The molecule has 4 aromatic heterocycles. The van der Waals surface area contributed by atoms with E-state index < -0.39 is 0 Å². The van der Waals surface area contributed by atoms with Crippen molar-refractivity contribution < 1.29 is 19.1 Å². The lowest BCUT2D eigenvalue weighted by Crippen LogP contribution is -2.10. The van der Waals surface area contributed by atoms with Gasteiger partial charge in [0.1, 0.15) is 0 Å². The molecule has 0 N–H and O–H groups in total. The number of ether oxygens (including phenoxy) is 2. The molecule has 0 saturated heterocycles.